The van der Waals surface area contributed by atoms with E-state index in [0.717, 1.165) is 16.9 Å². The predicted molar refractivity (Wildman–Crippen MR) is 97.9 cm³/mol. The SMILES string of the molecule is Cc1ccc(C(=O)Nc2ccc(S(=O)(=O)[N-]c3nccs3)cc2)cc1. The number of thiazole rings is 1. The van der Waals surface area contributed by atoms with Crippen LogP contribution in [0, 0.1) is 6.92 Å². The Morgan fingerprint density at radius 2 is 1.76 bits per heavy atom. The molecule has 6 nitrogen and oxygen atoms in total. The van der Waals surface area contributed by atoms with Gasteiger partial charge in [0.15, 0.2) is 0 Å². The molecule has 0 fully saturated rings. The number of anilines is 1. The number of hydrogen-bond donors (Lipinski definition) is 1. The largest absolute Gasteiger partial charge is 0.433 e. The van der Waals surface area contributed by atoms with Crippen molar-refractivity contribution in [3.8, 4) is 0 Å². The van der Waals surface area contributed by atoms with Gasteiger partial charge in [0.2, 0.25) is 10.0 Å². The lowest BCUT2D eigenvalue weighted by Gasteiger charge is -2.12. The first kappa shape index (κ1) is 17.1. The number of nitrogens with zero attached hydrogens (tertiary/aromatic N) is 2. The molecule has 1 aromatic heterocycles. The second-order valence-electron chi connectivity index (χ2n) is 5.23. The van der Waals surface area contributed by atoms with Gasteiger partial charge in [0, 0.05) is 16.4 Å². The monoisotopic (exact) mass is 372 g/mol. The Hall–Kier alpha value is -2.71. The number of carbonyl (C=O) groups is 1. The number of nitrogens with one attached hydrogen (secondary N) is 1. The van der Waals surface area contributed by atoms with Crippen LogP contribution >= 0.6 is 11.3 Å². The van der Waals surface area contributed by atoms with Crippen LogP contribution in [0.3, 0.4) is 0 Å². The molecule has 128 valence electrons. The average molecular weight is 372 g/mol. The molecule has 0 aliphatic rings. The third-order valence-corrected chi connectivity index (χ3v) is 5.40. The maximum Gasteiger partial charge on any atom is 0.255 e. The number of aryl methyl sites for hydroxylation is 1. The number of hydrogen-bond acceptors (Lipinski definition) is 5. The van der Waals surface area contributed by atoms with E-state index in [0.29, 0.717) is 11.3 Å². The Balaban J connectivity index is 1.71. The molecule has 3 rings (SSSR count). The van der Waals surface area contributed by atoms with Gasteiger partial charge in [0.1, 0.15) is 0 Å². The molecule has 0 aliphatic carbocycles. The molecule has 0 spiro atoms. The first-order valence-corrected chi connectivity index (χ1v) is 9.62. The molecule has 1 heterocycles. The Morgan fingerprint density at radius 1 is 1.08 bits per heavy atom. The van der Waals surface area contributed by atoms with Crippen molar-refractivity contribution in [1.29, 1.82) is 0 Å². The lowest BCUT2D eigenvalue weighted by molar-refractivity contribution is 0.102. The third kappa shape index (κ3) is 4.23. The van der Waals surface area contributed by atoms with E-state index in [2.05, 4.69) is 15.0 Å². The smallest absolute Gasteiger partial charge is 0.255 e. The van der Waals surface area contributed by atoms with Gasteiger partial charge in [-0.1, -0.05) is 23.9 Å². The second kappa shape index (κ2) is 7.04. The molecule has 25 heavy (non-hydrogen) atoms. The van der Waals surface area contributed by atoms with Crippen LogP contribution in [-0.4, -0.2) is 19.3 Å². The van der Waals surface area contributed by atoms with E-state index in [4.69, 9.17) is 0 Å². The fraction of sp³-hybridized carbons (Fsp3) is 0.0588. The summed E-state index contributed by atoms with van der Waals surface area (Å²) < 4.78 is 28.1. The summed E-state index contributed by atoms with van der Waals surface area (Å²) in [5.74, 6) is -0.261. The van der Waals surface area contributed by atoms with Crippen molar-refractivity contribution in [2.45, 2.75) is 11.8 Å². The van der Waals surface area contributed by atoms with E-state index in [1.165, 1.54) is 30.5 Å². The molecule has 2 aromatic carbocycles. The van der Waals surface area contributed by atoms with Crippen molar-refractivity contribution in [3.05, 3.63) is 76.0 Å². The number of sulfonamides is 1. The number of carbonyl (C=O) groups excluding carboxylic acids is 1. The van der Waals surface area contributed by atoms with Gasteiger partial charge in [-0.3, -0.25) is 4.79 Å². The Morgan fingerprint density at radius 3 is 2.36 bits per heavy atom. The van der Waals surface area contributed by atoms with Crippen LogP contribution in [0.4, 0.5) is 10.8 Å². The van der Waals surface area contributed by atoms with Crippen molar-refractivity contribution < 1.29 is 13.2 Å². The zero-order valence-electron chi connectivity index (χ0n) is 13.2. The summed E-state index contributed by atoms with van der Waals surface area (Å²) in [6.45, 7) is 1.94. The highest BCUT2D eigenvalue weighted by molar-refractivity contribution is 7.94. The molecule has 1 amide bonds. The van der Waals surface area contributed by atoms with Crippen LogP contribution < -0.4 is 5.32 Å². The van der Waals surface area contributed by atoms with Crippen LogP contribution in [0.15, 0.2) is 65.0 Å². The van der Waals surface area contributed by atoms with E-state index in [-0.39, 0.29) is 15.9 Å². The standard InChI is InChI=1S/C17H15N3O3S2/c1-12-2-4-13(5-3-12)16(21)19-14-6-8-15(9-7-14)25(22,23)20-17-18-10-11-24-17/h2-11H,1H3,(H2,18,19,20,21)/p-1. The van der Waals surface area contributed by atoms with Gasteiger partial charge in [0.05, 0.1) is 4.90 Å². The predicted octanol–water partition coefficient (Wildman–Crippen LogP) is 4.10. The summed E-state index contributed by atoms with van der Waals surface area (Å²) in [5.41, 5.74) is 2.09. The van der Waals surface area contributed by atoms with Crippen molar-refractivity contribution in [3.63, 3.8) is 0 Å². The summed E-state index contributed by atoms with van der Waals surface area (Å²) in [5, 5.41) is 4.56. The maximum absolute atomic E-state index is 12.2. The third-order valence-electron chi connectivity index (χ3n) is 3.34. The van der Waals surface area contributed by atoms with Gasteiger partial charge in [0.25, 0.3) is 5.91 Å². The minimum atomic E-state index is -3.83. The summed E-state index contributed by atoms with van der Waals surface area (Å²) in [6.07, 6.45) is 1.49. The number of benzene rings is 2. The summed E-state index contributed by atoms with van der Waals surface area (Å²) in [7, 11) is -3.83. The maximum atomic E-state index is 12.2. The van der Waals surface area contributed by atoms with Crippen LogP contribution in [0.25, 0.3) is 4.72 Å². The molecule has 8 heteroatoms. The molecule has 0 bridgehead atoms. The highest BCUT2D eigenvalue weighted by Gasteiger charge is 2.11. The fourth-order valence-electron chi connectivity index (χ4n) is 2.03. The van der Waals surface area contributed by atoms with Crippen molar-refractivity contribution >= 4 is 38.1 Å². The highest BCUT2D eigenvalue weighted by Crippen LogP contribution is 2.29. The van der Waals surface area contributed by atoms with Crippen LogP contribution in [-0.2, 0) is 10.0 Å². The Labute approximate surface area is 149 Å². The zero-order valence-corrected chi connectivity index (χ0v) is 14.8. The average Bonchev–Trinajstić information content (AvgIpc) is 3.08. The van der Waals surface area contributed by atoms with Gasteiger partial charge >= 0.3 is 0 Å². The summed E-state index contributed by atoms with van der Waals surface area (Å²) in [6, 6.07) is 13.0. The van der Waals surface area contributed by atoms with Gasteiger partial charge in [-0.2, -0.15) is 11.3 Å². The number of rotatable bonds is 5. The molecule has 1 N–H and O–H groups in total. The molecular formula is C17H14N3O3S2-. The lowest BCUT2D eigenvalue weighted by Crippen LogP contribution is -2.11. The fourth-order valence-corrected chi connectivity index (χ4v) is 3.70. The van der Waals surface area contributed by atoms with Crippen molar-refractivity contribution in [2.24, 2.45) is 0 Å². The lowest BCUT2D eigenvalue weighted by atomic mass is 10.1. The minimum Gasteiger partial charge on any atom is -0.433 e. The molecule has 0 saturated heterocycles. The molecule has 0 atom stereocenters. The van der Waals surface area contributed by atoms with Gasteiger partial charge < -0.3 is 15.0 Å². The summed E-state index contributed by atoms with van der Waals surface area (Å²) >= 11 is 1.14. The van der Waals surface area contributed by atoms with Crippen LogP contribution in [0.5, 0.6) is 0 Å². The molecule has 0 saturated carbocycles. The summed E-state index contributed by atoms with van der Waals surface area (Å²) in [4.78, 5) is 16.0. The van der Waals surface area contributed by atoms with Gasteiger partial charge in [-0.15, -0.1) is 0 Å². The first-order valence-electron chi connectivity index (χ1n) is 7.30. The van der Waals surface area contributed by atoms with Gasteiger partial charge in [-0.05, 0) is 48.7 Å². The molecule has 3 aromatic rings. The first-order chi connectivity index (χ1) is 11.9. The highest BCUT2D eigenvalue weighted by atomic mass is 32.2. The van der Waals surface area contributed by atoms with Crippen LogP contribution in [0.2, 0.25) is 0 Å². The van der Waals surface area contributed by atoms with Crippen molar-refractivity contribution in [1.82, 2.24) is 4.98 Å². The topological polar surface area (TPSA) is 90.2 Å². The van der Waals surface area contributed by atoms with Gasteiger partial charge in [-0.25, -0.2) is 8.42 Å². The second-order valence-corrected chi connectivity index (χ2v) is 7.70. The van der Waals surface area contributed by atoms with E-state index in [9.17, 15) is 13.2 Å². The Kier molecular flexibility index (Phi) is 4.82. The zero-order chi connectivity index (χ0) is 17.9. The number of aromatic nitrogens is 1. The normalized spacial score (nSPS) is 11.1. The van der Waals surface area contributed by atoms with E-state index in [1.807, 2.05) is 19.1 Å². The van der Waals surface area contributed by atoms with E-state index < -0.39 is 10.0 Å². The van der Waals surface area contributed by atoms with E-state index >= 15 is 0 Å². The Bertz CT molecular complexity index is 965. The van der Waals surface area contributed by atoms with Crippen molar-refractivity contribution in [2.75, 3.05) is 5.32 Å². The quantitative estimate of drug-likeness (QED) is 0.730. The molecule has 0 aliphatic heterocycles. The minimum absolute atomic E-state index is 0.0380. The number of amides is 1. The van der Waals surface area contributed by atoms with E-state index in [1.54, 1.807) is 17.5 Å². The molecular weight excluding hydrogens is 358 g/mol. The molecule has 0 radical (unpaired) electrons. The molecule has 0 unspecified atom stereocenters. The van der Waals surface area contributed by atoms with Crippen LogP contribution in [0.1, 0.15) is 15.9 Å².